The van der Waals surface area contributed by atoms with Crippen LogP contribution in [0.5, 0.6) is 0 Å². The highest BCUT2D eigenvalue weighted by molar-refractivity contribution is 9.11. The molecule has 0 unspecified atom stereocenters. The van der Waals surface area contributed by atoms with Gasteiger partial charge < -0.3 is 10.6 Å². The Morgan fingerprint density at radius 1 is 1.25 bits per heavy atom. The van der Waals surface area contributed by atoms with Crippen molar-refractivity contribution >= 4 is 38.9 Å². The Labute approximate surface area is 132 Å². The van der Waals surface area contributed by atoms with Crippen molar-refractivity contribution in [3.05, 3.63) is 32.2 Å². The Bertz CT molecular complexity index is 583. The molecule has 0 aliphatic heterocycles. The lowest BCUT2D eigenvalue weighted by Gasteiger charge is -2.13. The molecule has 0 spiro atoms. The van der Waals surface area contributed by atoms with Gasteiger partial charge in [0, 0.05) is 23.9 Å². The number of hydrogen-bond acceptors (Lipinski definition) is 5. The van der Waals surface area contributed by atoms with Crippen LogP contribution < -0.4 is 10.6 Å². The molecule has 0 fully saturated rings. The maximum atomic E-state index is 4.62. The van der Waals surface area contributed by atoms with Crippen LogP contribution in [0.1, 0.15) is 29.6 Å². The Morgan fingerprint density at radius 2 is 2.00 bits per heavy atom. The van der Waals surface area contributed by atoms with Crippen molar-refractivity contribution in [1.82, 2.24) is 9.97 Å². The van der Waals surface area contributed by atoms with Crippen LogP contribution in [0, 0.1) is 6.92 Å². The Hall–Kier alpha value is -1.14. The van der Waals surface area contributed by atoms with Gasteiger partial charge in [0.05, 0.1) is 10.3 Å². The van der Waals surface area contributed by atoms with Crippen LogP contribution >= 0.6 is 27.3 Å². The Balaban J connectivity index is 2.18. The number of rotatable bonds is 6. The van der Waals surface area contributed by atoms with E-state index >= 15 is 0 Å². The summed E-state index contributed by atoms with van der Waals surface area (Å²) in [7, 11) is 1.89. The quantitative estimate of drug-likeness (QED) is 0.815. The average molecular weight is 355 g/mol. The van der Waals surface area contributed by atoms with E-state index < -0.39 is 0 Å². The van der Waals surface area contributed by atoms with Crippen LogP contribution in [-0.2, 0) is 13.0 Å². The smallest absolute Gasteiger partial charge is 0.135 e. The lowest BCUT2D eigenvalue weighted by Crippen LogP contribution is -2.09. The standard InChI is InChI=1S/C14H19BrN4S/c1-4-5-12-18-13(16-3)9(2)14(19-12)17-8-10-6-7-11(15)20-10/h6-7H,4-5,8H2,1-3H3,(H2,16,17,18,19). The summed E-state index contributed by atoms with van der Waals surface area (Å²) in [6.45, 7) is 4.95. The topological polar surface area (TPSA) is 49.8 Å². The Morgan fingerprint density at radius 3 is 2.60 bits per heavy atom. The first-order valence-corrected chi connectivity index (χ1v) is 8.28. The lowest BCUT2D eigenvalue weighted by molar-refractivity contribution is 0.832. The van der Waals surface area contributed by atoms with Crippen LogP contribution in [-0.4, -0.2) is 17.0 Å². The van der Waals surface area contributed by atoms with E-state index in [-0.39, 0.29) is 0 Å². The van der Waals surface area contributed by atoms with Crippen LogP contribution in [0.2, 0.25) is 0 Å². The number of aryl methyl sites for hydroxylation is 1. The summed E-state index contributed by atoms with van der Waals surface area (Å²) >= 11 is 5.22. The zero-order valence-electron chi connectivity index (χ0n) is 12.0. The number of anilines is 2. The zero-order valence-corrected chi connectivity index (χ0v) is 14.4. The fourth-order valence-electron chi connectivity index (χ4n) is 1.93. The second kappa shape index (κ2) is 7.04. The van der Waals surface area contributed by atoms with E-state index in [4.69, 9.17) is 0 Å². The van der Waals surface area contributed by atoms with Gasteiger partial charge in [-0.05, 0) is 41.4 Å². The van der Waals surface area contributed by atoms with Gasteiger partial charge in [-0.3, -0.25) is 0 Å². The molecule has 20 heavy (non-hydrogen) atoms. The molecule has 2 aromatic rings. The van der Waals surface area contributed by atoms with Gasteiger partial charge in [0.1, 0.15) is 17.5 Å². The molecule has 0 aliphatic carbocycles. The molecule has 2 rings (SSSR count). The molecule has 0 saturated heterocycles. The minimum Gasteiger partial charge on any atom is -0.373 e. The highest BCUT2D eigenvalue weighted by atomic mass is 79.9. The highest BCUT2D eigenvalue weighted by Gasteiger charge is 2.10. The van der Waals surface area contributed by atoms with Crippen molar-refractivity contribution in [3.63, 3.8) is 0 Å². The fourth-order valence-corrected chi connectivity index (χ4v) is 3.35. The summed E-state index contributed by atoms with van der Waals surface area (Å²) in [6, 6.07) is 4.18. The third kappa shape index (κ3) is 3.70. The first-order valence-electron chi connectivity index (χ1n) is 6.67. The molecule has 0 aromatic carbocycles. The fraction of sp³-hybridized carbons (Fsp3) is 0.429. The van der Waals surface area contributed by atoms with E-state index in [2.05, 4.69) is 55.6 Å². The van der Waals surface area contributed by atoms with Gasteiger partial charge in [-0.15, -0.1) is 11.3 Å². The maximum absolute atomic E-state index is 4.62. The van der Waals surface area contributed by atoms with Crippen LogP contribution in [0.3, 0.4) is 0 Å². The third-order valence-corrected chi connectivity index (χ3v) is 4.59. The average Bonchev–Trinajstić information content (AvgIpc) is 2.85. The predicted molar refractivity (Wildman–Crippen MR) is 89.7 cm³/mol. The minimum absolute atomic E-state index is 0.781. The summed E-state index contributed by atoms with van der Waals surface area (Å²) in [4.78, 5) is 10.4. The van der Waals surface area contributed by atoms with Gasteiger partial charge in [0.15, 0.2) is 0 Å². The molecule has 0 bridgehead atoms. The second-order valence-corrected chi connectivity index (χ2v) is 7.07. The number of hydrogen-bond donors (Lipinski definition) is 2. The molecule has 0 aliphatic rings. The van der Waals surface area contributed by atoms with E-state index in [1.165, 1.54) is 4.88 Å². The van der Waals surface area contributed by atoms with E-state index in [0.717, 1.165) is 46.2 Å². The van der Waals surface area contributed by atoms with Gasteiger partial charge in [0.2, 0.25) is 0 Å². The van der Waals surface area contributed by atoms with E-state index in [1.807, 2.05) is 14.0 Å². The molecular formula is C14H19BrN4S. The SMILES string of the molecule is CCCc1nc(NC)c(C)c(NCc2ccc(Br)s2)n1. The van der Waals surface area contributed by atoms with Gasteiger partial charge in [-0.2, -0.15) is 0 Å². The summed E-state index contributed by atoms with van der Waals surface area (Å²) in [5, 5.41) is 6.56. The number of nitrogens with zero attached hydrogens (tertiary/aromatic N) is 2. The lowest BCUT2D eigenvalue weighted by atomic mass is 10.2. The van der Waals surface area contributed by atoms with Gasteiger partial charge in [-0.1, -0.05) is 6.92 Å². The van der Waals surface area contributed by atoms with Gasteiger partial charge >= 0.3 is 0 Å². The molecule has 4 nitrogen and oxygen atoms in total. The maximum Gasteiger partial charge on any atom is 0.135 e. The molecule has 108 valence electrons. The molecule has 0 amide bonds. The summed E-state index contributed by atoms with van der Waals surface area (Å²) < 4.78 is 1.15. The molecule has 0 radical (unpaired) electrons. The van der Waals surface area contributed by atoms with Crippen molar-refractivity contribution in [2.45, 2.75) is 33.2 Å². The van der Waals surface area contributed by atoms with Crippen LogP contribution in [0.25, 0.3) is 0 Å². The van der Waals surface area contributed by atoms with E-state index in [9.17, 15) is 0 Å². The van der Waals surface area contributed by atoms with Crippen molar-refractivity contribution in [2.75, 3.05) is 17.7 Å². The first-order chi connectivity index (χ1) is 9.63. The number of aromatic nitrogens is 2. The number of thiophene rings is 1. The highest BCUT2D eigenvalue weighted by Crippen LogP contribution is 2.24. The van der Waals surface area contributed by atoms with Crippen LogP contribution in [0.4, 0.5) is 11.6 Å². The Kier molecular flexibility index (Phi) is 5.37. The van der Waals surface area contributed by atoms with Crippen LogP contribution in [0.15, 0.2) is 15.9 Å². The normalized spacial score (nSPS) is 10.6. The molecule has 2 aromatic heterocycles. The zero-order chi connectivity index (χ0) is 14.5. The summed E-state index contributed by atoms with van der Waals surface area (Å²) in [5.74, 6) is 2.70. The molecule has 0 saturated carbocycles. The molecule has 0 atom stereocenters. The number of halogens is 1. The minimum atomic E-state index is 0.781. The van der Waals surface area contributed by atoms with Gasteiger partial charge in [-0.25, -0.2) is 9.97 Å². The number of nitrogens with one attached hydrogen (secondary N) is 2. The summed E-state index contributed by atoms with van der Waals surface area (Å²) in [6.07, 6.45) is 1.94. The van der Waals surface area contributed by atoms with Gasteiger partial charge in [0.25, 0.3) is 0 Å². The largest absolute Gasteiger partial charge is 0.373 e. The predicted octanol–water partition coefficient (Wildman–Crippen LogP) is 4.22. The van der Waals surface area contributed by atoms with Crippen molar-refractivity contribution < 1.29 is 0 Å². The van der Waals surface area contributed by atoms with Crippen molar-refractivity contribution in [2.24, 2.45) is 0 Å². The second-order valence-electron chi connectivity index (χ2n) is 4.52. The van der Waals surface area contributed by atoms with Crippen molar-refractivity contribution in [3.8, 4) is 0 Å². The first kappa shape index (κ1) is 15.3. The monoisotopic (exact) mass is 354 g/mol. The third-order valence-electron chi connectivity index (χ3n) is 2.96. The molecule has 2 heterocycles. The molecular weight excluding hydrogens is 336 g/mol. The van der Waals surface area contributed by atoms with Crippen molar-refractivity contribution in [1.29, 1.82) is 0 Å². The van der Waals surface area contributed by atoms with E-state index in [1.54, 1.807) is 11.3 Å². The molecule has 2 N–H and O–H groups in total. The van der Waals surface area contributed by atoms with E-state index in [0.29, 0.717) is 0 Å². The summed E-state index contributed by atoms with van der Waals surface area (Å²) in [5.41, 5.74) is 1.06. The molecule has 6 heteroatoms.